The minimum absolute atomic E-state index is 0.234. The number of aryl methyl sites for hydroxylation is 1. The van der Waals surface area contributed by atoms with Crippen molar-refractivity contribution in [3.63, 3.8) is 0 Å². The minimum Gasteiger partial charge on any atom is -0.480 e. The summed E-state index contributed by atoms with van der Waals surface area (Å²) < 4.78 is 0.486. The Balaban J connectivity index is 3.44. The van der Waals surface area contributed by atoms with E-state index in [1.165, 1.54) is 13.0 Å². The second-order valence-corrected chi connectivity index (χ2v) is 4.57. The van der Waals surface area contributed by atoms with Crippen LogP contribution in [-0.4, -0.2) is 22.2 Å². The Kier molecular flexibility index (Phi) is 3.38. The van der Waals surface area contributed by atoms with Crippen molar-refractivity contribution in [1.29, 1.82) is 0 Å². The molecule has 0 heterocycles. The quantitative estimate of drug-likeness (QED) is 0.836. The van der Waals surface area contributed by atoms with Crippen molar-refractivity contribution < 1.29 is 19.8 Å². The van der Waals surface area contributed by atoms with Gasteiger partial charge in [-0.05, 0) is 31.0 Å². The second-order valence-electron chi connectivity index (χ2n) is 3.72. The lowest BCUT2D eigenvalue weighted by Gasteiger charge is -2.21. The van der Waals surface area contributed by atoms with Gasteiger partial charge in [-0.15, -0.1) is 0 Å². The summed E-state index contributed by atoms with van der Waals surface area (Å²) in [6.45, 7) is 3.01. The standard InChI is InChI=1S/C11H11BrO4/c1-6-3-4-7(8(12)5-6)11(2,9(13)14)10(15)16/h3-5H,1-2H3,(H,13,14)(H,15,16). The molecule has 0 saturated carbocycles. The highest BCUT2D eigenvalue weighted by Crippen LogP contribution is 2.31. The van der Waals surface area contributed by atoms with E-state index in [9.17, 15) is 9.59 Å². The first-order valence-corrected chi connectivity index (χ1v) is 5.33. The molecule has 0 aromatic heterocycles. The Labute approximate surface area is 101 Å². The van der Waals surface area contributed by atoms with Gasteiger partial charge in [-0.3, -0.25) is 9.59 Å². The van der Waals surface area contributed by atoms with Crippen LogP contribution >= 0.6 is 15.9 Å². The second kappa shape index (κ2) is 4.25. The highest BCUT2D eigenvalue weighted by Gasteiger charge is 2.44. The Morgan fingerprint density at radius 3 is 2.12 bits per heavy atom. The van der Waals surface area contributed by atoms with Crippen molar-refractivity contribution in [2.45, 2.75) is 19.3 Å². The van der Waals surface area contributed by atoms with E-state index < -0.39 is 17.4 Å². The zero-order valence-corrected chi connectivity index (χ0v) is 10.4. The monoisotopic (exact) mass is 286 g/mol. The van der Waals surface area contributed by atoms with Gasteiger partial charge in [0.25, 0.3) is 0 Å². The maximum absolute atomic E-state index is 11.1. The van der Waals surface area contributed by atoms with Crippen LogP contribution in [0.15, 0.2) is 22.7 Å². The Morgan fingerprint density at radius 2 is 1.75 bits per heavy atom. The smallest absolute Gasteiger partial charge is 0.325 e. The van der Waals surface area contributed by atoms with E-state index in [0.29, 0.717) is 4.47 Å². The molecule has 0 aliphatic carbocycles. The van der Waals surface area contributed by atoms with Crippen LogP contribution in [0, 0.1) is 6.92 Å². The zero-order chi connectivity index (χ0) is 12.5. The molecule has 4 nitrogen and oxygen atoms in total. The largest absolute Gasteiger partial charge is 0.480 e. The van der Waals surface area contributed by atoms with Crippen molar-refractivity contribution in [2.24, 2.45) is 0 Å². The third-order valence-electron chi connectivity index (χ3n) is 2.52. The molecule has 0 radical (unpaired) electrons. The molecule has 0 atom stereocenters. The van der Waals surface area contributed by atoms with Gasteiger partial charge in [0.2, 0.25) is 0 Å². The Bertz CT molecular complexity index is 439. The molecule has 2 N–H and O–H groups in total. The number of hydrogen-bond donors (Lipinski definition) is 2. The molecule has 1 rings (SSSR count). The molecule has 0 aliphatic rings. The summed E-state index contributed by atoms with van der Waals surface area (Å²) in [4.78, 5) is 22.2. The molecule has 0 bridgehead atoms. The van der Waals surface area contributed by atoms with Gasteiger partial charge in [0.15, 0.2) is 5.41 Å². The number of carboxylic acid groups (broad SMARTS) is 2. The SMILES string of the molecule is Cc1ccc(C(C)(C(=O)O)C(=O)O)c(Br)c1. The number of hydrogen-bond acceptors (Lipinski definition) is 2. The number of carboxylic acids is 2. The molecule has 0 fully saturated rings. The summed E-state index contributed by atoms with van der Waals surface area (Å²) in [5.41, 5.74) is -0.779. The van der Waals surface area contributed by atoms with Crippen LogP contribution in [0.5, 0.6) is 0 Å². The number of carbonyl (C=O) groups is 2. The number of rotatable bonds is 3. The Morgan fingerprint density at radius 1 is 1.25 bits per heavy atom. The van der Waals surface area contributed by atoms with Gasteiger partial charge >= 0.3 is 11.9 Å². The predicted molar refractivity (Wildman–Crippen MR) is 61.5 cm³/mol. The van der Waals surface area contributed by atoms with Gasteiger partial charge in [0, 0.05) is 4.47 Å². The summed E-state index contributed by atoms with van der Waals surface area (Å²) in [6.07, 6.45) is 0. The van der Waals surface area contributed by atoms with Crippen molar-refractivity contribution in [1.82, 2.24) is 0 Å². The third kappa shape index (κ3) is 1.95. The van der Waals surface area contributed by atoms with E-state index >= 15 is 0 Å². The van der Waals surface area contributed by atoms with E-state index in [4.69, 9.17) is 10.2 Å². The molecule has 0 aliphatic heterocycles. The Hall–Kier alpha value is -1.36. The average Bonchev–Trinajstić information content (AvgIpc) is 2.15. The van der Waals surface area contributed by atoms with Crippen LogP contribution in [0.3, 0.4) is 0 Å². The lowest BCUT2D eigenvalue weighted by molar-refractivity contribution is -0.156. The van der Waals surface area contributed by atoms with E-state index in [2.05, 4.69) is 15.9 Å². The van der Waals surface area contributed by atoms with Gasteiger partial charge < -0.3 is 10.2 Å². The van der Waals surface area contributed by atoms with E-state index in [1.807, 2.05) is 6.92 Å². The van der Waals surface area contributed by atoms with Gasteiger partial charge in [0.1, 0.15) is 0 Å². The van der Waals surface area contributed by atoms with Crippen LogP contribution in [0.4, 0.5) is 0 Å². The van der Waals surface area contributed by atoms with Gasteiger partial charge in [0.05, 0.1) is 0 Å². The summed E-state index contributed by atoms with van der Waals surface area (Å²) >= 11 is 3.19. The van der Waals surface area contributed by atoms with E-state index in [0.717, 1.165) is 5.56 Å². The molecule has 5 heteroatoms. The molecule has 16 heavy (non-hydrogen) atoms. The summed E-state index contributed by atoms with van der Waals surface area (Å²) in [5.74, 6) is -2.77. The maximum atomic E-state index is 11.1. The van der Waals surface area contributed by atoms with Crippen LogP contribution in [0.25, 0.3) is 0 Å². The fourth-order valence-electron chi connectivity index (χ4n) is 1.35. The molecule has 86 valence electrons. The first-order valence-electron chi connectivity index (χ1n) is 4.53. The number of benzene rings is 1. The van der Waals surface area contributed by atoms with Crippen molar-refractivity contribution in [3.05, 3.63) is 33.8 Å². The summed E-state index contributed by atoms with van der Waals surface area (Å²) in [5, 5.41) is 18.1. The molecule has 0 unspecified atom stereocenters. The predicted octanol–water partition coefficient (Wildman–Crippen LogP) is 2.18. The minimum atomic E-state index is -1.94. The number of halogens is 1. The molecule has 0 spiro atoms. The first kappa shape index (κ1) is 12.7. The lowest BCUT2D eigenvalue weighted by Crippen LogP contribution is -2.41. The third-order valence-corrected chi connectivity index (χ3v) is 3.17. The van der Waals surface area contributed by atoms with Gasteiger partial charge in [-0.25, -0.2) is 0 Å². The lowest BCUT2D eigenvalue weighted by atomic mass is 9.82. The van der Waals surface area contributed by atoms with Crippen LogP contribution < -0.4 is 0 Å². The van der Waals surface area contributed by atoms with E-state index in [-0.39, 0.29) is 5.56 Å². The topological polar surface area (TPSA) is 74.6 Å². The van der Waals surface area contributed by atoms with Crippen molar-refractivity contribution in [3.8, 4) is 0 Å². The van der Waals surface area contributed by atoms with Gasteiger partial charge in [-0.2, -0.15) is 0 Å². The van der Waals surface area contributed by atoms with Crippen molar-refractivity contribution in [2.75, 3.05) is 0 Å². The zero-order valence-electron chi connectivity index (χ0n) is 8.82. The number of aliphatic carboxylic acids is 2. The van der Waals surface area contributed by atoms with Crippen LogP contribution in [-0.2, 0) is 15.0 Å². The van der Waals surface area contributed by atoms with Crippen molar-refractivity contribution >= 4 is 27.9 Å². The fourth-order valence-corrected chi connectivity index (χ4v) is 2.24. The molecular formula is C11H11BrO4. The van der Waals surface area contributed by atoms with Gasteiger partial charge in [-0.1, -0.05) is 28.1 Å². The normalized spacial score (nSPS) is 11.2. The molecule has 0 saturated heterocycles. The first-order chi connectivity index (χ1) is 7.30. The molecule has 0 amide bonds. The van der Waals surface area contributed by atoms with E-state index in [1.54, 1.807) is 12.1 Å². The highest BCUT2D eigenvalue weighted by atomic mass is 79.9. The fraction of sp³-hybridized carbons (Fsp3) is 0.273. The average molecular weight is 287 g/mol. The molecular weight excluding hydrogens is 276 g/mol. The molecule has 1 aromatic carbocycles. The summed E-state index contributed by atoms with van der Waals surface area (Å²) in [6, 6.07) is 4.89. The molecule has 1 aromatic rings. The van der Waals surface area contributed by atoms with Crippen LogP contribution in [0.1, 0.15) is 18.1 Å². The van der Waals surface area contributed by atoms with Crippen LogP contribution in [0.2, 0.25) is 0 Å². The highest BCUT2D eigenvalue weighted by molar-refractivity contribution is 9.10. The summed E-state index contributed by atoms with van der Waals surface area (Å²) in [7, 11) is 0. The maximum Gasteiger partial charge on any atom is 0.325 e.